The molecule has 1 N–H and O–H groups in total. The van der Waals surface area contributed by atoms with E-state index in [-0.39, 0.29) is 0 Å². The van der Waals surface area contributed by atoms with Crippen molar-refractivity contribution < 1.29 is 0 Å². The number of hydrogen-bond donors (Lipinski definition) is 1. The quantitative estimate of drug-likeness (QED) is 0.914. The molecule has 18 heavy (non-hydrogen) atoms. The van der Waals surface area contributed by atoms with E-state index in [4.69, 9.17) is 11.6 Å². The van der Waals surface area contributed by atoms with E-state index < -0.39 is 0 Å². The first-order valence-electron chi connectivity index (χ1n) is 5.77. The normalized spacial score (nSPS) is 10.2. The number of pyridine rings is 1. The van der Waals surface area contributed by atoms with Crippen molar-refractivity contribution in [2.75, 3.05) is 24.3 Å². The van der Waals surface area contributed by atoms with E-state index in [1.807, 2.05) is 55.5 Å². The molecule has 0 unspecified atom stereocenters. The van der Waals surface area contributed by atoms with E-state index in [2.05, 4.69) is 10.3 Å². The predicted octanol–water partition coefficient (Wildman–Crippen LogP) is 3.41. The van der Waals surface area contributed by atoms with E-state index in [0.29, 0.717) is 0 Å². The van der Waals surface area contributed by atoms with Crippen molar-refractivity contribution in [2.24, 2.45) is 0 Å². The van der Waals surface area contributed by atoms with Crippen LogP contribution in [0, 0.1) is 0 Å². The summed E-state index contributed by atoms with van der Waals surface area (Å²) in [6, 6.07) is 9.84. The van der Waals surface area contributed by atoms with Crippen molar-refractivity contribution in [3.8, 4) is 0 Å². The van der Waals surface area contributed by atoms with Crippen LogP contribution < -0.4 is 10.2 Å². The summed E-state index contributed by atoms with van der Waals surface area (Å²) in [7, 11) is 3.97. The molecular weight excluding hydrogens is 246 g/mol. The molecule has 3 nitrogen and oxygen atoms in total. The summed E-state index contributed by atoms with van der Waals surface area (Å²) in [5, 5.41) is 4.13. The Morgan fingerprint density at radius 3 is 2.72 bits per heavy atom. The molecule has 0 saturated heterocycles. The molecule has 1 aromatic heterocycles. The molecule has 0 aliphatic heterocycles. The Hall–Kier alpha value is -1.74. The fraction of sp³-hybridized carbons (Fsp3) is 0.214. The highest BCUT2D eigenvalue weighted by molar-refractivity contribution is 6.34. The zero-order valence-corrected chi connectivity index (χ0v) is 11.3. The second kappa shape index (κ2) is 5.74. The zero-order valence-electron chi connectivity index (χ0n) is 10.5. The van der Waals surface area contributed by atoms with E-state index in [1.165, 1.54) is 0 Å². The SMILES string of the molecule is CN(C)c1c(Cl)cccc1NCc1cccnc1. The second-order valence-corrected chi connectivity index (χ2v) is 4.65. The Morgan fingerprint density at radius 1 is 1.22 bits per heavy atom. The summed E-state index contributed by atoms with van der Waals surface area (Å²) in [4.78, 5) is 6.10. The summed E-state index contributed by atoms with van der Waals surface area (Å²) in [5.74, 6) is 0. The second-order valence-electron chi connectivity index (χ2n) is 4.25. The Kier molecular flexibility index (Phi) is 4.05. The van der Waals surface area contributed by atoms with Crippen LogP contribution in [0.1, 0.15) is 5.56 Å². The molecule has 0 aliphatic rings. The third-order valence-corrected chi connectivity index (χ3v) is 2.94. The Labute approximate surface area is 112 Å². The van der Waals surface area contributed by atoms with Gasteiger partial charge < -0.3 is 10.2 Å². The van der Waals surface area contributed by atoms with Gasteiger partial charge >= 0.3 is 0 Å². The molecule has 94 valence electrons. The smallest absolute Gasteiger partial charge is 0.0786 e. The number of para-hydroxylation sites is 1. The molecule has 0 aliphatic carbocycles. The van der Waals surface area contributed by atoms with Crippen LogP contribution >= 0.6 is 11.6 Å². The molecule has 4 heteroatoms. The van der Waals surface area contributed by atoms with Crippen LogP contribution in [0.4, 0.5) is 11.4 Å². The first-order chi connectivity index (χ1) is 8.68. The fourth-order valence-electron chi connectivity index (χ4n) is 1.81. The van der Waals surface area contributed by atoms with Crippen LogP contribution in [0.5, 0.6) is 0 Å². The number of halogens is 1. The van der Waals surface area contributed by atoms with Crippen LogP contribution in [-0.2, 0) is 6.54 Å². The van der Waals surface area contributed by atoms with Gasteiger partial charge in [-0.05, 0) is 23.8 Å². The Morgan fingerprint density at radius 2 is 2.06 bits per heavy atom. The van der Waals surface area contributed by atoms with Gasteiger partial charge in [0.25, 0.3) is 0 Å². The van der Waals surface area contributed by atoms with E-state index in [9.17, 15) is 0 Å². The molecule has 0 amide bonds. The molecule has 0 bridgehead atoms. The summed E-state index contributed by atoms with van der Waals surface area (Å²) in [6.45, 7) is 0.731. The van der Waals surface area contributed by atoms with Crippen molar-refractivity contribution in [3.63, 3.8) is 0 Å². The molecule has 0 saturated carbocycles. The first kappa shape index (κ1) is 12.7. The van der Waals surface area contributed by atoms with Gasteiger partial charge in [0.05, 0.1) is 16.4 Å². The van der Waals surface area contributed by atoms with Crippen LogP contribution in [0.3, 0.4) is 0 Å². The van der Waals surface area contributed by atoms with Gasteiger partial charge in [-0.3, -0.25) is 4.98 Å². The molecule has 2 rings (SSSR count). The number of benzene rings is 1. The maximum Gasteiger partial charge on any atom is 0.0786 e. The maximum atomic E-state index is 6.21. The summed E-state index contributed by atoms with van der Waals surface area (Å²) in [5.41, 5.74) is 3.17. The lowest BCUT2D eigenvalue weighted by Gasteiger charge is -2.20. The van der Waals surface area contributed by atoms with E-state index in [1.54, 1.807) is 6.20 Å². The maximum absolute atomic E-state index is 6.21. The Balaban J connectivity index is 2.17. The van der Waals surface area contributed by atoms with Gasteiger partial charge in [0.15, 0.2) is 0 Å². The topological polar surface area (TPSA) is 28.2 Å². The molecule has 0 spiro atoms. The number of hydrogen-bond acceptors (Lipinski definition) is 3. The first-order valence-corrected chi connectivity index (χ1v) is 6.15. The Bertz CT molecular complexity index is 512. The summed E-state index contributed by atoms with van der Waals surface area (Å²) >= 11 is 6.21. The standard InChI is InChI=1S/C14H16ClN3/c1-18(2)14-12(15)6-3-7-13(14)17-10-11-5-4-8-16-9-11/h3-9,17H,10H2,1-2H3. The number of anilines is 2. The van der Waals surface area contributed by atoms with Crippen LogP contribution in [0.25, 0.3) is 0 Å². The van der Waals surface area contributed by atoms with Crippen LogP contribution in [-0.4, -0.2) is 19.1 Å². The third kappa shape index (κ3) is 2.93. The zero-order chi connectivity index (χ0) is 13.0. The van der Waals surface area contributed by atoms with Gasteiger partial charge in [0.1, 0.15) is 0 Å². The largest absolute Gasteiger partial charge is 0.379 e. The average Bonchev–Trinajstić information content (AvgIpc) is 2.37. The minimum atomic E-state index is 0.731. The van der Waals surface area contributed by atoms with Crippen molar-refractivity contribution >= 4 is 23.0 Å². The van der Waals surface area contributed by atoms with Gasteiger partial charge in [-0.2, -0.15) is 0 Å². The fourth-order valence-corrected chi connectivity index (χ4v) is 2.16. The number of nitrogens with one attached hydrogen (secondary N) is 1. The highest BCUT2D eigenvalue weighted by Gasteiger charge is 2.08. The minimum absolute atomic E-state index is 0.731. The van der Waals surface area contributed by atoms with Crippen molar-refractivity contribution in [2.45, 2.75) is 6.54 Å². The number of rotatable bonds is 4. The molecule has 0 atom stereocenters. The van der Waals surface area contributed by atoms with Crippen LogP contribution in [0.2, 0.25) is 5.02 Å². The highest BCUT2D eigenvalue weighted by atomic mass is 35.5. The van der Waals surface area contributed by atoms with Gasteiger partial charge in [-0.1, -0.05) is 23.7 Å². The van der Waals surface area contributed by atoms with Crippen LogP contribution in [0.15, 0.2) is 42.7 Å². The average molecular weight is 262 g/mol. The minimum Gasteiger partial charge on any atom is -0.379 e. The summed E-state index contributed by atoms with van der Waals surface area (Å²) < 4.78 is 0. The van der Waals surface area contributed by atoms with E-state index >= 15 is 0 Å². The number of nitrogens with zero attached hydrogens (tertiary/aromatic N) is 2. The van der Waals surface area contributed by atoms with Gasteiger partial charge in [0, 0.05) is 33.0 Å². The highest BCUT2D eigenvalue weighted by Crippen LogP contribution is 2.32. The van der Waals surface area contributed by atoms with Gasteiger partial charge in [-0.15, -0.1) is 0 Å². The molecule has 1 heterocycles. The lowest BCUT2D eigenvalue weighted by atomic mass is 10.2. The number of aromatic nitrogens is 1. The van der Waals surface area contributed by atoms with Crippen molar-refractivity contribution in [1.82, 2.24) is 4.98 Å². The lowest BCUT2D eigenvalue weighted by molar-refractivity contribution is 1.09. The van der Waals surface area contributed by atoms with E-state index in [0.717, 1.165) is 28.5 Å². The monoisotopic (exact) mass is 261 g/mol. The predicted molar refractivity (Wildman–Crippen MR) is 77.3 cm³/mol. The molecule has 0 fully saturated rings. The molecular formula is C14H16ClN3. The van der Waals surface area contributed by atoms with Crippen molar-refractivity contribution in [1.29, 1.82) is 0 Å². The van der Waals surface area contributed by atoms with Crippen molar-refractivity contribution in [3.05, 3.63) is 53.3 Å². The summed E-state index contributed by atoms with van der Waals surface area (Å²) in [6.07, 6.45) is 3.63. The molecule has 1 aromatic carbocycles. The molecule has 2 aromatic rings. The molecule has 0 radical (unpaired) electrons. The van der Waals surface area contributed by atoms with Gasteiger partial charge in [0.2, 0.25) is 0 Å². The lowest BCUT2D eigenvalue weighted by Crippen LogP contribution is -2.12. The van der Waals surface area contributed by atoms with Gasteiger partial charge in [-0.25, -0.2) is 0 Å². The third-order valence-electron chi connectivity index (χ3n) is 2.64.